The molecule has 0 fully saturated rings. The smallest absolute Gasteiger partial charge is 0.343 e. The topological polar surface area (TPSA) is 106 Å². The van der Waals surface area contributed by atoms with Gasteiger partial charge < -0.3 is 14.8 Å². The van der Waals surface area contributed by atoms with Gasteiger partial charge in [0.05, 0.1) is 29.1 Å². The molecule has 0 heterocycles. The lowest BCUT2D eigenvalue weighted by Crippen LogP contribution is -2.32. The van der Waals surface area contributed by atoms with Crippen molar-refractivity contribution in [2.45, 2.75) is 13.3 Å². The second-order valence-electron chi connectivity index (χ2n) is 7.08. The molecule has 0 radical (unpaired) electrons. The second-order valence-corrected chi connectivity index (χ2v) is 8.40. The van der Waals surface area contributed by atoms with Crippen LogP contribution < -0.4 is 20.2 Å². The lowest BCUT2D eigenvalue weighted by atomic mass is 10.2. The molecule has 3 aromatic rings. The van der Waals surface area contributed by atoms with E-state index >= 15 is 0 Å². The van der Waals surface area contributed by atoms with Crippen molar-refractivity contribution in [3.05, 3.63) is 87.4 Å². The van der Waals surface area contributed by atoms with Crippen LogP contribution in [0, 0.1) is 0 Å². The quantitative estimate of drug-likeness (QED) is 0.130. The molecule has 3 aromatic carbocycles. The predicted octanol–water partition coefficient (Wildman–Crippen LogP) is 5.20. The first kappa shape index (κ1) is 25.9. The Morgan fingerprint density at radius 2 is 1.77 bits per heavy atom. The van der Waals surface area contributed by atoms with E-state index in [0.717, 1.165) is 6.42 Å². The highest BCUT2D eigenvalue weighted by Crippen LogP contribution is 2.24. The predicted molar refractivity (Wildman–Crippen MR) is 137 cm³/mol. The molecule has 3 rings (SSSR count). The Hall–Kier alpha value is -3.69. The Morgan fingerprint density at radius 1 is 1.03 bits per heavy atom. The Kier molecular flexibility index (Phi) is 9.39. The lowest BCUT2D eigenvalue weighted by molar-refractivity contribution is -0.136. The fraction of sp³-hybridized carbons (Fsp3) is 0.120. The standard InChI is InChI=1S/C25H21BrClN3O5/c1-2-13-34-19-10-7-16(8-11-19)25(33)35-22-12-9-18(26)14-17(22)15-28-30-24(32)23(31)29-21-6-4-3-5-20(21)27/h3-12,14-15H,2,13H2,1H3,(H,29,31)(H,30,32)/b28-15+. The Labute approximate surface area is 215 Å². The summed E-state index contributed by atoms with van der Waals surface area (Å²) in [5.74, 6) is -1.65. The molecular formula is C25H21BrClN3O5. The summed E-state index contributed by atoms with van der Waals surface area (Å²) in [5, 5.41) is 6.49. The molecule has 0 aliphatic carbocycles. The maximum atomic E-state index is 12.6. The van der Waals surface area contributed by atoms with Crippen molar-refractivity contribution < 1.29 is 23.9 Å². The number of carbonyl (C=O) groups excluding carboxylic acids is 3. The number of ether oxygens (including phenoxy) is 2. The molecule has 2 amide bonds. The van der Waals surface area contributed by atoms with E-state index in [-0.39, 0.29) is 5.75 Å². The number of benzene rings is 3. The summed E-state index contributed by atoms with van der Waals surface area (Å²) >= 11 is 9.32. The van der Waals surface area contributed by atoms with Gasteiger partial charge in [0.15, 0.2) is 0 Å². The van der Waals surface area contributed by atoms with Gasteiger partial charge in [0.2, 0.25) is 0 Å². The van der Waals surface area contributed by atoms with Crippen LogP contribution in [0.2, 0.25) is 5.02 Å². The average Bonchev–Trinajstić information content (AvgIpc) is 2.85. The van der Waals surface area contributed by atoms with Crippen LogP contribution in [-0.2, 0) is 9.59 Å². The zero-order valence-corrected chi connectivity index (χ0v) is 20.9. The number of anilines is 1. The van der Waals surface area contributed by atoms with Gasteiger partial charge >= 0.3 is 17.8 Å². The first-order valence-electron chi connectivity index (χ1n) is 10.5. The summed E-state index contributed by atoms with van der Waals surface area (Å²) in [7, 11) is 0. The van der Waals surface area contributed by atoms with Crippen LogP contribution in [-0.4, -0.2) is 30.6 Å². The third-order valence-corrected chi connectivity index (χ3v) is 5.26. The highest BCUT2D eigenvalue weighted by molar-refractivity contribution is 9.10. The number of amides is 2. The first-order chi connectivity index (χ1) is 16.9. The van der Waals surface area contributed by atoms with Gasteiger partial charge in [-0.1, -0.05) is 46.6 Å². The van der Waals surface area contributed by atoms with E-state index in [1.165, 1.54) is 6.21 Å². The zero-order valence-electron chi connectivity index (χ0n) is 18.6. The zero-order chi connectivity index (χ0) is 25.2. The minimum absolute atomic E-state index is 0.211. The van der Waals surface area contributed by atoms with E-state index in [1.54, 1.807) is 66.7 Å². The molecule has 35 heavy (non-hydrogen) atoms. The molecule has 0 aromatic heterocycles. The number of hydrogen-bond acceptors (Lipinski definition) is 6. The fourth-order valence-electron chi connectivity index (χ4n) is 2.73. The van der Waals surface area contributed by atoms with Gasteiger partial charge in [0, 0.05) is 10.0 Å². The van der Waals surface area contributed by atoms with Crippen molar-refractivity contribution in [2.24, 2.45) is 5.10 Å². The van der Waals surface area contributed by atoms with Crippen molar-refractivity contribution in [1.82, 2.24) is 5.43 Å². The molecule has 0 aliphatic heterocycles. The molecule has 0 atom stereocenters. The summed E-state index contributed by atoms with van der Waals surface area (Å²) in [6.07, 6.45) is 2.14. The van der Waals surface area contributed by atoms with Crippen LogP contribution in [0.3, 0.4) is 0 Å². The molecule has 0 aliphatic rings. The van der Waals surface area contributed by atoms with Gasteiger partial charge in [-0.2, -0.15) is 5.10 Å². The number of carbonyl (C=O) groups is 3. The van der Waals surface area contributed by atoms with Crippen molar-refractivity contribution in [2.75, 3.05) is 11.9 Å². The van der Waals surface area contributed by atoms with Gasteiger partial charge in [0.1, 0.15) is 11.5 Å². The van der Waals surface area contributed by atoms with Crippen molar-refractivity contribution in [3.63, 3.8) is 0 Å². The third kappa shape index (κ3) is 7.66. The van der Waals surface area contributed by atoms with E-state index in [4.69, 9.17) is 21.1 Å². The Morgan fingerprint density at radius 3 is 2.49 bits per heavy atom. The number of nitrogens with one attached hydrogen (secondary N) is 2. The maximum Gasteiger partial charge on any atom is 0.343 e. The van der Waals surface area contributed by atoms with Gasteiger partial charge in [-0.05, 0) is 61.0 Å². The van der Waals surface area contributed by atoms with E-state index in [0.29, 0.717) is 38.7 Å². The average molecular weight is 559 g/mol. The molecule has 10 heteroatoms. The van der Waals surface area contributed by atoms with Crippen LogP contribution in [0.5, 0.6) is 11.5 Å². The highest BCUT2D eigenvalue weighted by Gasteiger charge is 2.15. The molecule has 8 nitrogen and oxygen atoms in total. The van der Waals surface area contributed by atoms with Crippen LogP contribution in [0.15, 0.2) is 76.3 Å². The number of rotatable bonds is 8. The minimum atomic E-state index is -1.000. The van der Waals surface area contributed by atoms with Crippen molar-refractivity contribution in [1.29, 1.82) is 0 Å². The van der Waals surface area contributed by atoms with Gasteiger partial charge in [-0.3, -0.25) is 9.59 Å². The summed E-state index contributed by atoms with van der Waals surface area (Å²) in [4.78, 5) is 36.7. The number of para-hydroxylation sites is 1. The van der Waals surface area contributed by atoms with Crippen molar-refractivity contribution >= 4 is 57.2 Å². The van der Waals surface area contributed by atoms with E-state index in [9.17, 15) is 14.4 Å². The fourth-order valence-corrected chi connectivity index (χ4v) is 3.29. The van der Waals surface area contributed by atoms with Crippen LogP contribution in [0.25, 0.3) is 0 Å². The molecule has 0 unspecified atom stereocenters. The van der Waals surface area contributed by atoms with Crippen LogP contribution >= 0.6 is 27.5 Å². The summed E-state index contributed by atoms with van der Waals surface area (Å²) in [6, 6.07) is 18.0. The van der Waals surface area contributed by atoms with Crippen LogP contribution in [0.4, 0.5) is 5.69 Å². The Bertz CT molecular complexity index is 1250. The van der Waals surface area contributed by atoms with Crippen LogP contribution in [0.1, 0.15) is 29.3 Å². The highest BCUT2D eigenvalue weighted by atomic mass is 79.9. The summed E-state index contributed by atoms with van der Waals surface area (Å²) in [6.45, 7) is 2.59. The summed E-state index contributed by atoms with van der Waals surface area (Å²) in [5.41, 5.74) is 3.16. The SMILES string of the molecule is CCCOc1ccc(C(=O)Oc2ccc(Br)cc2/C=N/NC(=O)C(=O)Nc2ccccc2Cl)cc1. The first-order valence-corrected chi connectivity index (χ1v) is 11.7. The number of esters is 1. The molecule has 180 valence electrons. The normalized spacial score (nSPS) is 10.6. The van der Waals surface area contributed by atoms with Gasteiger partial charge in [-0.25, -0.2) is 10.2 Å². The largest absolute Gasteiger partial charge is 0.494 e. The molecule has 0 bridgehead atoms. The maximum absolute atomic E-state index is 12.6. The number of nitrogens with zero attached hydrogens (tertiary/aromatic N) is 1. The number of hydrazone groups is 1. The molecule has 0 spiro atoms. The summed E-state index contributed by atoms with van der Waals surface area (Å²) < 4.78 is 11.7. The van der Waals surface area contributed by atoms with E-state index < -0.39 is 17.8 Å². The van der Waals surface area contributed by atoms with Gasteiger partial charge in [-0.15, -0.1) is 0 Å². The monoisotopic (exact) mass is 557 g/mol. The van der Waals surface area contributed by atoms with Crippen molar-refractivity contribution in [3.8, 4) is 11.5 Å². The Balaban J connectivity index is 1.64. The number of hydrogen-bond donors (Lipinski definition) is 2. The van der Waals surface area contributed by atoms with Gasteiger partial charge in [0.25, 0.3) is 0 Å². The molecule has 0 saturated carbocycles. The third-order valence-electron chi connectivity index (χ3n) is 4.44. The molecular weight excluding hydrogens is 538 g/mol. The minimum Gasteiger partial charge on any atom is -0.494 e. The second kappa shape index (κ2) is 12.7. The molecule has 2 N–H and O–H groups in total. The van der Waals surface area contributed by atoms with E-state index in [2.05, 4.69) is 31.8 Å². The lowest BCUT2D eigenvalue weighted by Gasteiger charge is -2.09. The molecule has 0 saturated heterocycles. The van der Waals surface area contributed by atoms with E-state index in [1.807, 2.05) is 6.92 Å². The number of halogens is 2.